The van der Waals surface area contributed by atoms with Crippen LogP contribution in [-0.2, 0) is 6.61 Å². The molecule has 0 bridgehead atoms. The zero-order chi connectivity index (χ0) is 21.1. The summed E-state index contributed by atoms with van der Waals surface area (Å²) in [5.41, 5.74) is 0.729. The highest BCUT2D eigenvalue weighted by atomic mass is 16.5. The second kappa shape index (κ2) is 18.0. The Morgan fingerprint density at radius 2 is 1.56 bits per heavy atom. The summed E-state index contributed by atoms with van der Waals surface area (Å²) in [6.07, 6.45) is 3.92. The fraction of sp³-hybridized carbons (Fsp3) is 0.364. The highest BCUT2D eigenvalue weighted by molar-refractivity contribution is 5.94. The smallest absolute Gasteiger partial charge is 0.271 e. The van der Waals surface area contributed by atoms with Crippen LogP contribution in [0.2, 0.25) is 0 Å². The molecule has 1 amide bonds. The molecule has 0 radical (unpaired) electrons. The lowest BCUT2D eigenvalue weighted by molar-refractivity contribution is 0.0953. The van der Waals surface area contributed by atoms with E-state index in [2.05, 4.69) is 51.2 Å². The van der Waals surface area contributed by atoms with Crippen LogP contribution < -0.4 is 15.5 Å². The van der Waals surface area contributed by atoms with Crippen LogP contribution >= 0.6 is 0 Å². The average molecular weight is 375 g/mol. The van der Waals surface area contributed by atoms with Crippen LogP contribution in [0.25, 0.3) is 0 Å². The molecular weight excluding hydrogens is 340 g/mol. The van der Waals surface area contributed by atoms with Gasteiger partial charge in [0.25, 0.3) is 5.91 Å². The van der Waals surface area contributed by atoms with Crippen molar-refractivity contribution in [2.45, 2.75) is 47.1 Å². The van der Waals surface area contributed by atoms with Crippen molar-refractivity contribution in [2.75, 3.05) is 7.05 Å². The fourth-order valence-corrected chi connectivity index (χ4v) is 1.63. The van der Waals surface area contributed by atoms with E-state index in [9.17, 15) is 9.59 Å². The number of amides is 1. The molecule has 0 saturated heterocycles. The van der Waals surface area contributed by atoms with Crippen LogP contribution in [0.15, 0.2) is 60.5 Å². The second-order valence-corrected chi connectivity index (χ2v) is 5.31. The number of aromatic nitrogens is 1. The molecule has 0 atom stereocenters. The van der Waals surface area contributed by atoms with Crippen LogP contribution in [0.1, 0.15) is 56.6 Å². The maximum Gasteiger partial charge on any atom is 0.271 e. The lowest BCUT2D eigenvalue weighted by Crippen LogP contribution is -2.23. The third-order valence-electron chi connectivity index (χ3n) is 2.59. The number of hydrogen-bond donors (Lipinski definition) is 2. The van der Waals surface area contributed by atoms with E-state index in [1.807, 2.05) is 30.3 Å². The number of ether oxygens (including phenoxy) is 1. The minimum absolute atomic E-state index is 0.0331. The molecule has 5 nitrogen and oxygen atoms in total. The number of carbonyl (C=O) groups excluding carboxylic acids is 1. The van der Waals surface area contributed by atoms with Gasteiger partial charge in [-0.1, -0.05) is 70.9 Å². The molecule has 2 N–H and O–H groups in total. The molecule has 1 aromatic carbocycles. The normalized spacial score (nSPS) is 8.48. The van der Waals surface area contributed by atoms with Gasteiger partial charge in [-0.3, -0.25) is 9.59 Å². The Kier molecular flexibility index (Phi) is 17.6. The first-order chi connectivity index (χ1) is 13.0. The third-order valence-corrected chi connectivity index (χ3v) is 2.59. The number of benzene rings is 1. The Morgan fingerprint density at radius 3 is 2.04 bits per heavy atom. The zero-order valence-electron chi connectivity index (χ0n) is 17.3. The first kappa shape index (κ1) is 26.4. The number of H-pyrrole nitrogens is 1. The van der Waals surface area contributed by atoms with Crippen LogP contribution in [0, 0.1) is 0 Å². The van der Waals surface area contributed by atoms with Crippen molar-refractivity contribution < 1.29 is 9.53 Å². The van der Waals surface area contributed by atoms with Gasteiger partial charge in [-0.05, 0) is 5.56 Å². The number of hydrogen-bond acceptors (Lipinski definition) is 3. The summed E-state index contributed by atoms with van der Waals surface area (Å²) in [6, 6.07) is 10.8. The molecule has 0 aliphatic carbocycles. The monoisotopic (exact) mass is 374 g/mol. The van der Waals surface area contributed by atoms with E-state index in [0.29, 0.717) is 0 Å². The summed E-state index contributed by atoms with van der Waals surface area (Å²) < 4.78 is 5.47. The van der Waals surface area contributed by atoms with Crippen molar-refractivity contribution in [2.24, 2.45) is 0 Å². The van der Waals surface area contributed by atoms with Gasteiger partial charge in [0.15, 0.2) is 11.4 Å². The highest BCUT2D eigenvalue weighted by Crippen LogP contribution is 2.12. The van der Waals surface area contributed by atoms with Crippen molar-refractivity contribution in [3.05, 3.63) is 77.2 Å². The lowest BCUT2D eigenvalue weighted by atomic mass is 10.2. The molecule has 2 rings (SSSR count). The largest absolute Gasteiger partial charge is 0.483 e. The molecule has 0 aliphatic heterocycles. The van der Waals surface area contributed by atoms with E-state index < -0.39 is 0 Å². The van der Waals surface area contributed by atoms with Crippen LogP contribution in [-0.4, -0.2) is 17.9 Å². The molecule has 27 heavy (non-hydrogen) atoms. The number of nitrogens with one attached hydrogen (secondary N) is 2. The molecule has 150 valence electrons. The van der Waals surface area contributed by atoms with Crippen LogP contribution in [0.4, 0.5) is 0 Å². The summed E-state index contributed by atoms with van der Waals surface area (Å²) in [7, 11) is 1.49. The van der Waals surface area contributed by atoms with Crippen LogP contribution in [0.5, 0.6) is 5.75 Å². The summed E-state index contributed by atoms with van der Waals surface area (Å²) in [6.45, 7) is 14.7. The van der Waals surface area contributed by atoms with Gasteiger partial charge < -0.3 is 15.0 Å². The first-order valence-corrected chi connectivity index (χ1v) is 9.15. The SMILES string of the molecule is C=C.CCC.CCC.CNC(=O)c1[nH]ccc(=O)c1OCc1ccccc1. The van der Waals surface area contributed by atoms with Crippen LogP contribution in [0.3, 0.4) is 0 Å². The van der Waals surface area contributed by atoms with Crippen molar-refractivity contribution >= 4 is 5.91 Å². The minimum Gasteiger partial charge on any atom is -0.483 e. The molecule has 1 aromatic heterocycles. The van der Waals surface area contributed by atoms with Crippen molar-refractivity contribution in [3.8, 4) is 5.75 Å². The Hall–Kier alpha value is -2.82. The van der Waals surface area contributed by atoms with Crippen molar-refractivity contribution in [1.82, 2.24) is 10.3 Å². The van der Waals surface area contributed by atoms with Gasteiger partial charge in [-0.2, -0.15) is 0 Å². The number of aromatic amines is 1. The summed E-state index contributed by atoms with van der Waals surface area (Å²) in [5, 5.41) is 2.46. The van der Waals surface area contributed by atoms with Gasteiger partial charge in [0, 0.05) is 19.3 Å². The molecule has 5 heteroatoms. The fourth-order valence-electron chi connectivity index (χ4n) is 1.63. The Bertz CT molecular complexity index is 665. The van der Waals surface area contributed by atoms with E-state index >= 15 is 0 Å². The molecule has 0 saturated carbocycles. The van der Waals surface area contributed by atoms with Gasteiger partial charge in [0.05, 0.1) is 0 Å². The summed E-state index contributed by atoms with van der Waals surface area (Å²) in [5.74, 6) is -0.355. The Morgan fingerprint density at radius 1 is 1.04 bits per heavy atom. The van der Waals surface area contributed by atoms with E-state index in [1.165, 1.54) is 32.2 Å². The van der Waals surface area contributed by atoms with E-state index in [4.69, 9.17) is 4.74 Å². The minimum atomic E-state index is -0.388. The first-order valence-electron chi connectivity index (χ1n) is 9.15. The van der Waals surface area contributed by atoms with E-state index in [0.717, 1.165) is 5.56 Å². The lowest BCUT2D eigenvalue weighted by Gasteiger charge is -2.09. The van der Waals surface area contributed by atoms with E-state index in [1.54, 1.807) is 0 Å². The Labute approximate surface area is 163 Å². The summed E-state index contributed by atoms with van der Waals surface area (Å²) >= 11 is 0. The van der Waals surface area contributed by atoms with E-state index in [-0.39, 0.29) is 29.4 Å². The number of rotatable bonds is 4. The van der Waals surface area contributed by atoms with Gasteiger partial charge in [-0.25, -0.2) is 0 Å². The molecular formula is C22H34N2O3. The highest BCUT2D eigenvalue weighted by Gasteiger charge is 2.14. The molecule has 0 unspecified atom stereocenters. The molecule has 0 spiro atoms. The zero-order valence-corrected chi connectivity index (χ0v) is 17.3. The predicted octanol–water partition coefficient (Wildman–Crippen LogP) is 4.95. The van der Waals surface area contributed by atoms with Gasteiger partial charge in [0.2, 0.25) is 5.43 Å². The van der Waals surface area contributed by atoms with Crippen molar-refractivity contribution in [3.63, 3.8) is 0 Å². The second-order valence-electron chi connectivity index (χ2n) is 5.31. The summed E-state index contributed by atoms with van der Waals surface area (Å²) in [4.78, 5) is 26.1. The quantitative estimate of drug-likeness (QED) is 0.744. The number of pyridine rings is 1. The molecule has 2 aromatic rings. The standard InChI is InChI=1S/C14H14N2O3.2C3H8.C2H4/c1-15-14(18)12-13(11(17)7-8-16-12)19-9-10-5-3-2-4-6-10;2*1-3-2;1-2/h2-8H,9H2,1H3,(H,15,18)(H,16,17);2*3H2,1-2H3;1-2H2. The topological polar surface area (TPSA) is 71.2 Å². The third kappa shape index (κ3) is 11.4. The van der Waals surface area contributed by atoms with Gasteiger partial charge in [0.1, 0.15) is 6.61 Å². The predicted molar refractivity (Wildman–Crippen MR) is 114 cm³/mol. The maximum absolute atomic E-state index is 11.8. The molecule has 0 aliphatic rings. The average Bonchev–Trinajstić information content (AvgIpc) is 2.70. The maximum atomic E-state index is 11.8. The van der Waals surface area contributed by atoms with Gasteiger partial charge >= 0.3 is 0 Å². The molecule has 0 fully saturated rings. The van der Waals surface area contributed by atoms with Gasteiger partial charge in [-0.15, -0.1) is 13.2 Å². The number of carbonyl (C=O) groups is 1. The molecule has 1 heterocycles. The van der Waals surface area contributed by atoms with Crippen molar-refractivity contribution in [1.29, 1.82) is 0 Å². The Balaban J connectivity index is 0.